The van der Waals surface area contributed by atoms with Crippen LogP contribution in [0.15, 0.2) is 99.1 Å². The van der Waals surface area contributed by atoms with E-state index in [1.165, 1.54) is 11.8 Å². The number of ether oxygens (including phenoxy) is 1. The molecule has 7 nitrogen and oxygen atoms in total. The highest BCUT2D eigenvalue weighted by molar-refractivity contribution is 7.99. The van der Waals surface area contributed by atoms with Crippen LogP contribution in [0.5, 0.6) is 0 Å². The van der Waals surface area contributed by atoms with Gasteiger partial charge in [-0.3, -0.25) is 10.1 Å². The number of sulfonamides is 1. The first-order chi connectivity index (χ1) is 15.7. The molecule has 3 aromatic carbocycles. The maximum absolute atomic E-state index is 12.9. The largest absolute Gasteiger partial charge is 0.463 e. The van der Waals surface area contributed by atoms with Crippen molar-refractivity contribution in [3.05, 3.63) is 101 Å². The minimum atomic E-state index is -4.30. The van der Waals surface area contributed by atoms with Gasteiger partial charge in [0.25, 0.3) is 15.7 Å². The fourth-order valence-corrected chi connectivity index (χ4v) is 6.41. The summed E-state index contributed by atoms with van der Waals surface area (Å²) in [6, 6.07) is 22.9. The topological polar surface area (TPSA) is 98.9 Å². The molecular formula is C22H16Cl2N2O5S2. The number of hydrogen-bond acceptors (Lipinski definition) is 6. The maximum Gasteiger partial charge on any atom is 0.285 e. The third-order valence-corrected chi connectivity index (χ3v) is 8.09. The number of nitro benzene ring substituents is 1. The van der Waals surface area contributed by atoms with Gasteiger partial charge in [0.2, 0.25) is 10.2 Å². The fraction of sp³-hybridized carbons (Fsp3) is 0.136. The molecule has 170 valence electrons. The van der Waals surface area contributed by atoms with E-state index in [0.717, 1.165) is 34.7 Å². The summed E-state index contributed by atoms with van der Waals surface area (Å²) >= 11 is 14.7. The van der Waals surface area contributed by atoms with Gasteiger partial charge in [-0.1, -0.05) is 83.5 Å². The van der Waals surface area contributed by atoms with Crippen molar-refractivity contribution in [2.24, 2.45) is 4.40 Å². The van der Waals surface area contributed by atoms with E-state index in [-0.39, 0.29) is 16.5 Å². The predicted octanol–water partition coefficient (Wildman–Crippen LogP) is 5.79. The Labute approximate surface area is 204 Å². The number of hydrogen-bond donors (Lipinski definition) is 0. The summed E-state index contributed by atoms with van der Waals surface area (Å²) in [6.45, 7) is 0. The Morgan fingerprint density at radius 3 is 2.09 bits per heavy atom. The summed E-state index contributed by atoms with van der Waals surface area (Å²) < 4.78 is 33.8. The van der Waals surface area contributed by atoms with Crippen molar-refractivity contribution in [2.75, 3.05) is 0 Å². The zero-order valence-electron chi connectivity index (χ0n) is 16.7. The van der Waals surface area contributed by atoms with Gasteiger partial charge in [0.15, 0.2) is 5.44 Å². The highest BCUT2D eigenvalue weighted by atomic mass is 35.5. The number of thioether (sulfide) groups is 1. The number of benzene rings is 3. The van der Waals surface area contributed by atoms with Crippen LogP contribution in [-0.4, -0.2) is 29.0 Å². The molecule has 2 atom stereocenters. The molecule has 1 aliphatic rings. The lowest BCUT2D eigenvalue weighted by Gasteiger charge is -2.23. The molecule has 0 bridgehead atoms. The molecular weight excluding hydrogens is 507 g/mol. The first-order valence-electron chi connectivity index (χ1n) is 9.59. The van der Waals surface area contributed by atoms with Crippen LogP contribution in [0.1, 0.15) is 11.5 Å². The van der Waals surface area contributed by atoms with E-state index < -0.39 is 30.6 Å². The molecule has 1 heterocycles. The third kappa shape index (κ3) is 5.01. The first kappa shape index (κ1) is 23.6. The van der Waals surface area contributed by atoms with E-state index in [9.17, 15) is 18.5 Å². The molecule has 0 unspecified atom stereocenters. The molecule has 3 aromatic rings. The number of non-ortho nitro benzene ring substituents is 1. The van der Waals surface area contributed by atoms with Crippen LogP contribution < -0.4 is 0 Å². The molecule has 0 aliphatic carbocycles. The highest BCUT2D eigenvalue weighted by Crippen LogP contribution is 2.53. The van der Waals surface area contributed by atoms with Crippen molar-refractivity contribution in [2.45, 2.75) is 25.5 Å². The van der Waals surface area contributed by atoms with Crippen LogP contribution in [0.4, 0.5) is 5.69 Å². The Hall–Kier alpha value is -2.59. The molecule has 1 aliphatic heterocycles. The van der Waals surface area contributed by atoms with Crippen LogP contribution in [0.2, 0.25) is 0 Å². The summed E-state index contributed by atoms with van der Waals surface area (Å²) in [7, 11) is -4.30. The van der Waals surface area contributed by atoms with E-state index >= 15 is 0 Å². The molecule has 0 saturated carbocycles. The second kappa shape index (κ2) is 9.34. The summed E-state index contributed by atoms with van der Waals surface area (Å²) in [4.78, 5) is 10.9. The average Bonchev–Trinajstić information content (AvgIpc) is 3.03. The van der Waals surface area contributed by atoms with Crippen LogP contribution >= 0.6 is 35.0 Å². The molecule has 1 saturated heterocycles. The van der Waals surface area contributed by atoms with Crippen LogP contribution in [0, 0.1) is 10.1 Å². The van der Waals surface area contributed by atoms with Crippen molar-refractivity contribution in [3.63, 3.8) is 0 Å². The second-order valence-corrected chi connectivity index (χ2v) is 11.2. The summed E-state index contributed by atoms with van der Waals surface area (Å²) in [5.41, 5.74) is -0.143. The number of rotatable bonds is 6. The normalized spacial score (nSPS) is 21.0. The first-order valence-corrected chi connectivity index (χ1v) is 12.7. The van der Waals surface area contributed by atoms with Crippen molar-refractivity contribution in [3.8, 4) is 0 Å². The SMILES string of the molecule is O=[N+]([O-])c1ccc(S(=O)(=O)/N=C2\O[C@H](Sc3ccccc3)[C@@H](c3ccccc3)C2(Cl)Cl)cc1. The third-order valence-electron chi connectivity index (χ3n) is 4.88. The van der Waals surface area contributed by atoms with Crippen LogP contribution in [-0.2, 0) is 14.8 Å². The molecule has 0 radical (unpaired) electrons. The van der Waals surface area contributed by atoms with Crippen LogP contribution in [0.3, 0.4) is 0 Å². The Balaban J connectivity index is 1.73. The van der Waals surface area contributed by atoms with Crippen molar-refractivity contribution >= 4 is 56.6 Å². The molecule has 0 amide bonds. The molecule has 0 N–H and O–H groups in total. The van der Waals surface area contributed by atoms with Crippen molar-refractivity contribution in [1.82, 2.24) is 0 Å². The zero-order valence-corrected chi connectivity index (χ0v) is 19.9. The van der Waals surface area contributed by atoms with Gasteiger partial charge in [-0.15, -0.1) is 4.40 Å². The summed E-state index contributed by atoms with van der Waals surface area (Å²) in [5.74, 6) is -0.982. The summed E-state index contributed by atoms with van der Waals surface area (Å²) in [5, 5.41) is 10.9. The maximum atomic E-state index is 12.9. The summed E-state index contributed by atoms with van der Waals surface area (Å²) in [6.07, 6.45) is 0. The smallest absolute Gasteiger partial charge is 0.285 e. The molecule has 1 fully saturated rings. The number of nitro groups is 1. The van der Waals surface area contributed by atoms with Gasteiger partial charge in [-0.25, -0.2) is 0 Å². The van der Waals surface area contributed by atoms with E-state index in [4.69, 9.17) is 27.9 Å². The van der Waals surface area contributed by atoms with E-state index in [0.29, 0.717) is 0 Å². The minimum absolute atomic E-state index is 0.244. The van der Waals surface area contributed by atoms with Gasteiger partial charge in [0.05, 0.1) is 15.7 Å². The van der Waals surface area contributed by atoms with Gasteiger partial charge in [0.1, 0.15) is 0 Å². The number of nitrogens with zero attached hydrogens (tertiary/aromatic N) is 2. The van der Waals surface area contributed by atoms with Gasteiger partial charge in [-0.2, -0.15) is 8.42 Å². The Kier molecular flexibility index (Phi) is 6.67. The molecule has 4 rings (SSSR count). The lowest BCUT2D eigenvalue weighted by molar-refractivity contribution is -0.384. The van der Waals surface area contributed by atoms with E-state index in [1.54, 1.807) is 0 Å². The standard InChI is InChI=1S/C22H16Cl2N2O5S2/c23-22(24)19(15-7-3-1-4-8-15)20(32-17-9-5-2-6-10-17)31-21(22)25-33(29,30)18-13-11-16(12-14-18)26(27)28/h1-14,19-20H/b25-21-/t19-,20-/m1/s1. The Morgan fingerprint density at radius 1 is 0.939 bits per heavy atom. The second-order valence-electron chi connectivity index (χ2n) is 7.05. The quantitative estimate of drug-likeness (QED) is 0.231. The van der Waals surface area contributed by atoms with Crippen molar-refractivity contribution < 1.29 is 18.1 Å². The number of halogens is 2. The van der Waals surface area contributed by atoms with E-state index in [1.807, 2.05) is 60.7 Å². The Bertz CT molecular complexity index is 1290. The molecule has 0 aromatic heterocycles. The monoisotopic (exact) mass is 522 g/mol. The fourth-order valence-electron chi connectivity index (χ4n) is 3.30. The lowest BCUT2D eigenvalue weighted by atomic mass is 9.97. The molecule has 11 heteroatoms. The predicted molar refractivity (Wildman–Crippen MR) is 129 cm³/mol. The minimum Gasteiger partial charge on any atom is -0.463 e. The number of alkyl halides is 2. The van der Waals surface area contributed by atoms with Gasteiger partial charge >= 0.3 is 0 Å². The van der Waals surface area contributed by atoms with Gasteiger partial charge in [0, 0.05) is 17.0 Å². The zero-order chi connectivity index (χ0) is 23.6. The van der Waals surface area contributed by atoms with Crippen molar-refractivity contribution in [1.29, 1.82) is 0 Å². The van der Waals surface area contributed by atoms with E-state index in [2.05, 4.69) is 4.40 Å². The average molecular weight is 523 g/mol. The lowest BCUT2D eigenvalue weighted by Crippen LogP contribution is -2.28. The van der Waals surface area contributed by atoms with Gasteiger partial charge < -0.3 is 4.74 Å². The molecule has 33 heavy (non-hydrogen) atoms. The Morgan fingerprint density at radius 2 is 1.52 bits per heavy atom. The van der Waals surface area contributed by atoms with Gasteiger partial charge in [-0.05, 0) is 29.8 Å². The highest BCUT2D eigenvalue weighted by Gasteiger charge is 2.55. The molecule has 0 spiro atoms. The van der Waals surface area contributed by atoms with Crippen LogP contribution in [0.25, 0.3) is 0 Å².